The molecule has 1 aliphatic rings. The van der Waals surface area contributed by atoms with Crippen LogP contribution in [-0.2, 0) is 4.79 Å². The average molecular weight is 346 g/mol. The van der Waals surface area contributed by atoms with Crippen molar-refractivity contribution >= 4 is 45.6 Å². The number of thioether (sulfide) groups is 1. The third-order valence-electron chi connectivity index (χ3n) is 3.35. The molecule has 0 aliphatic carbocycles. The number of carbonyl (C=O) groups is 1. The Bertz CT molecular complexity index is 766. The Hall–Kier alpha value is -2.25. The van der Waals surface area contributed by atoms with Gasteiger partial charge >= 0.3 is 0 Å². The Morgan fingerprint density at radius 2 is 1.83 bits per heavy atom. The molecule has 0 saturated carbocycles. The summed E-state index contributed by atoms with van der Waals surface area (Å²) < 4.78 is 0.461. The Labute approximate surface area is 142 Å². The quantitative estimate of drug-likeness (QED) is 0.739. The average Bonchev–Trinajstić information content (AvgIpc) is 2.79. The summed E-state index contributed by atoms with van der Waals surface area (Å²) in [6.07, 6.45) is 0. The smallest absolute Gasteiger partial charge is 0.247 e. The minimum Gasteiger partial charge on any atom is -0.508 e. The van der Waals surface area contributed by atoms with Gasteiger partial charge in [-0.2, -0.15) is 0 Å². The molecule has 0 aromatic heterocycles. The molecule has 1 fully saturated rings. The summed E-state index contributed by atoms with van der Waals surface area (Å²) in [6.45, 7) is 0.391. The molecule has 7 heteroatoms. The van der Waals surface area contributed by atoms with E-state index in [9.17, 15) is 15.0 Å². The number of aromatic hydroxyl groups is 2. The van der Waals surface area contributed by atoms with Gasteiger partial charge in [-0.25, -0.2) is 0 Å². The number of phenolic OH excluding ortho intramolecular Hbond substituents is 2. The molecule has 2 aromatic carbocycles. The summed E-state index contributed by atoms with van der Waals surface area (Å²) in [5, 5.41) is 21.8. The second-order valence-electron chi connectivity index (χ2n) is 5.00. The van der Waals surface area contributed by atoms with Crippen molar-refractivity contribution in [3.8, 4) is 11.5 Å². The SMILES string of the molecule is O=C1C(CNc2cccc(O)c2)SC(=S)N1c1cccc(O)c1. The molecule has 5 nitrogen and oxygen atoms in total. The number of hydrogen-bond donors (Lipinski definition) is 3. The molecule has 1 heterocycles. The van der Waals surface area contributed by atoms with Crippen molar-refractivity contribution in [3.05, 3.63) is 48.5 Å². The fourth-order valence-corrected chi connectivity index (χ4v) is 3.74. The molecule has 1 unspecified atom stereocenters. The Morgan fingerprint density at radius 3 is 2.52 bits per heavy atom. The van der Waals surface area contributed by atoms with Gasteiger partial charge in [0.2, 0.25) is 5.91 Å². The third kappa shape index (κ3) is 3.40. The number of rotatable bonds is 4. The highest BCUT2D eigenvalue weighted by Gasteiger charge is 2.37. The van der Waals surface area contributed by atoms with Crippen LogP contribution in [0.1, 0.15) is 0 Å². The Morgan fingerprint density at radius 1 is 1.13 bits per heavy atom. The van der Waals surface area contributed by atoms with Gasteiger partial charge in [-0.1, -0.05) is 36.1 Å². The van der Waals surface area contributed by atoms with Crippen LogP contribution in [0.2, 0.25) is 0 Å². The maximum Gasteiger partial charge on any atom is 0.247 e. The van der Waals surface area contributed by atoms with Crippen LogP contribution in [0.3, 0.4) is 0 Å². The van der Waals surface area contributed by atoms with Gasteiger partial charge < -0.3 is 15.5 Å². The first-order valence-corrected chi connectivity index (χ1v) is 8.20. The van der Waals surface area contributed by atoms with E-state index in [1.807, 2.05) is 6.07 Å². The second-order valence-corrected chi connectivity index (χ2v) is 6.83. The van der Waals surface area contributed by atoms with Crippen molar-refractivity contribution in [2.24, 2.45) is 0 Å². The zero-order valence-electron chi connectivity index (χ0n) is 12.0. The van der Waals surface area contributed by atoms with Gasteiger partial charge in [0.05, 0.1) is 5.69 Å². The molecule has 1 saturated heterocycles. The number of anilines is 2. The number of amides is 1. The molecule has 1 atom stereocenters. The van der Waals surface area contributed by atoms with Crippen molar-refractivity contribution in [1.29, 1.82) is 0 Å². The van der Waals surface area contributed by atoms with Gasteiger partial charge in [-0.15, -0.1) is 0 Å². The van der Waals surface area contributed by atoms with E-state index in [-0.39, 0.29) is 22.7 Å². The number of nitrogens with zero attached hydrogens (tertiary/aromatic N) is 1. The van der Waals surface area contributed by atoms with Crippen molar-refractivity contribution in [3.63, 3.8) is 0 Å². The van der Waals surface area contributed by atoms with E-state index in [0.717, 1.165) is 5.69 Å². The second kappa shape index (κ2) is 6.47. The molecule has 0 spiro atoms. The highest BCUT2D eigenvalue weighted by atomic mass is 32.2. The fraction of sp³-hybridized carbons (Fsp3) is 0.125. The summed E-state index contributed by atoms with van der Waals surface area (Å²) in [4.78, 5) is 14.0. The molecule has 3 rings (SSSR count). The van der Waals surface area contributed by atoms with Crippen molar-refractivity contribution < 1.29 is 15.0 Å². The van der Waals surface area contributed by atoms with Gasteiger partial charge in [0.15, 0.2) is 0 Å². The zero-order valence-corrected chi connectivity index (χ0v) is 13.6. The van der Waals surface area contributed by atoms with Crippen molar-refractivity contribution in [1.82, 2.24) is 0 Å². The van der Waals surface area contributed by atoms with Crippen molar-refractivity contribution in [2.75, 3.05) is 16.8 Å². The number of thiocarbonyl (C=S) groups is 1. The van der Waals surface area contributed by atoms with E-state index in [4.69, 9.17) is 12.2 Å². The van der Waals surface area contributed by atoms with Gasteiger partial charge in [-0.3, -0.25) is 9.69 Å². The van der Waals surface area contributed by atoms with Crippen LogP contribution >= 0.6 is 24.0 Å². The van der Waals surface area contributed by atoms with E-state index in [0.29, 0.717) is 16.6 Å². The molecule has 1 aliphatic heterocycles. The first-order valence-electron chi connectivity index (χ1n) is 6.91. The summed E-state index contributed by atoms with van der Waals surface area (Å²) in [5.41, 5.74) is 1.30. The minimum absolute atomic E-state index is 0.0874. The van der Waals surface area contributed by atoms with Crippen LogP contribution < -0.4 is 10.2 Å². The predicted molar refractivity (Wildman–Crippen MR) is 96.2 cm³/mol. The highest BCUT2D eigenvalue weighted by molar-refractivity contribution is 8.25. The molecule has 23 heavy (non-hydrogen) atoms. The lowest BCUT2D eigenvalue weighted by Crippen LogP contribution is -2.33. The Kier molecular flexibility index (Phi) is 4.40. The van der Waals surface area contributed by atoms with E-state index >= 15 is 0 Å². The predicted octanol–water partition coefficient (Wildman–Crippen LogP) is 2.94. The number of nitrogens with one attached hydrogen (secondary N) is 1. The molecular formula is C16H14N2O3S2. The van der Waals surface area contributed by atoms with Crippen LogP contribution in [0, 0.1) is 0 Å². The lowest BCUT2D eigenvalue weighted by molar-refractivity contribution is -0.116. The summed E-state index contributed by atoms with van der Waals surface area (Å²) in [6, 6.07) is 13.2. The van der Waals surface area contributed by atoms with Gasteiger partial charge in [0.25, 0.3) is 0 Å². The standard InChI is InChI=1S/C16H14N2O3S2/c19-12-5-1-3-10(7-12)17-9-14-15(21)18(16(22)23-14)11-4-2-6-13(20)8-11/h1-8,14,17,19-20H,9H2. The van der Waals surface area contributed by atoms with Crippen LogP contribution in [0.4, 0.5) is 11.4 Å². The Balaban J connectivity index is 1.71. The van der Waals surface area contributed by atoms with Gasteiger partial charge in [0.1, 0.15) is 21.1 Å². The number of phenols is 2. The molecule has 3 N–H and O–H groups in total. The third-order valence-corrected chi connectivity index (χ3v) is 4.86. The van der Waals surface area contributed by atoms with Crippen molar-refractivity contribution in [2.45, 2.75) is 5.25 Å². The minimum atomic E-state index is -0.354. The van der Waals surface area contributed by atoms with Crippen LogP contribution in [0.15, 0.2) is 48.5 Å². The lowest BCUT2D eigenvalue weighted by atomic mass is 10.2. The van der Waals surface area contributed by atoms with Gasteiger partial charge in [0, 0.05) is 24.4 Å². The van der Waals surface area contributed by atoms with Crippen LogP contribution in [-0.4, -0.2) is 32.2 Å². The monoisotopic (exact) mass is 346 g/mol. The van der Waals surface area contributed by atoms with E-state index in [1.165, 1.54) is 22.7 Å². The highest BCUT2D eigenvalue weighted by Crippen LogP contribution is 2.33. The fourth-order valence-electron chi connectivity index (χ4n) is 2.28. The zero-order chi connectivity index (χ0) is 16.4. The first-order chi connectivity index (χ1) is 11.0. The molecule has 1 amide bonds. The largest absolute Gasteiger partial charge is 0.508 e. The number of hydrogen-bond acceptors (Lipinski definition) is 6. The van der Waals surface area contributed by atoms with E-state index in [1.54, 1.807) is 36.4 Å². The molecule has 118 valence electrons. The van der Waals surface area contributed by atoms with Crippen LogP contribution in [0.25, 0.3) is 0 Å². The van der Waals surface area contributed by atoms with Crippen LogP contribution in [0.5, 0.6) is 11.5 Å². The molecular weight excluding hydrogens is 332 g/mol. The van der Waals surface area contributed by atoms with E-state index < -0.39 is 0 Å². The maximum atomic E-state index is 12.6. The van der Waals surface area contributed by atoms with Gasteiger partial charge in [-0.05, 0) is 24.3 Å². The summed E-state index contributed by atoms with van der Waals surface area (Å²) in [7, 11) is 0. The first kappa shape index (κ1) is 15.6. The maximum absolute atomic E-state index is 12.6. The summed E-state index contributed by atoms with van der Waals surface area (Å²) >= 11 is 6.60. The summed E-state index contributed by atoms with van der Waals surface area (Å²) in [5.74, 6) is 0.125. The molecule has 0 bridgehead atoms. The molecule has 0 radical (unpaired) electrons. The number of benzene rings is 2. The van der Waals surface area contributed by atoms with E-state index in [2.05, 4.69) is 5.32 Å². The normalized spacial score (nSPS) is 17.6. The number of carbonyl (C=O) groups excluding carboxylic acids is 1. The molecule has 2 aromatic rings. The topological polar surface area (TPSA) is 72.8 Å². The lowest BCUT2D eigenvalue weighted by Gasteiger charge is -2.16.